The van der Waals surface area contributed by atoms with Crippen molar-refractivity contribution in [1.82, 2.24) is 4.57 Å². The largest absolute Gasteiger partial charge is 0.462 e. The van der Waals surface area contributed by atoms with Crippen molar-refractivity contribution >= 4 is 51.1 Å². The number of thioether (sulfide) groups is 1. The van der Waals surface area contributed by atoms with E-state index in [1.165, 1.54) is 17.4 Å². The van der Waals surface area contributed by atoms with Crippen molar-refractivity contribution in [3.05, 3.63) is 56.6 Å². The summed E-state index contributed by atoms with van der Waals surface area (Å²) in [5.74, 6) is -1.07. The Kier molecular flexibility index (Phi) is 6.49. The van der Waals surface area contributed by atoms with Gasteiger partial charge >= 0.3 is 17.8 Å². The van der Waals surface area contributed by atoms with Gasteiger partial charge in [-0.25, -0.2) is 4.79 Å². The fourth-order valence-corrected chi connectivity index (χ4v) is 4.04. The Balaban J connectivity index is 2.06. The standard InChI is InChI=1S/C18H17N3O6S2/c1-3-26-17(23)11-4-5-12-14(10-11)29-18(20(12)8-9-28-2)19-16(22)13-6-7-15(27-13)21(24)25/h4-7,10H,3,8-9H2,1-2H3. The van der Waals surface area contributed by atoms with Gasteiger partial charge in [0.05, 0.1) is 28.5 Å². The second-order valence-electron chi connectivity index (χ2n) is 5.74. The van der Waals surface area contributed by atoms with Crippen LogP contribution >= 0.6 is 23.1 Å². The molecular weight excluding hydrogens is 418 g/mol. The number of carbonyl (C=O) groups is 2. The number of furan rings is 1. The van der Waals surface area contributed by atoms with E-state index in [-0.39, 0.29) is 12.4 Å². The Bertz CT molecular complexity index is 1140. The fraction of sp³-hybridized carbons (Fsp3) is 0.278. The Morgan fingerprint density at radius 1 is 1.34 bits per heavy atom. The van der Waals surface area contributed by atoms with E-state index in [4.69, 9.17) is 9.15 Å². The third kappa shape index (κ3) is 4.57. The van der Waals surface area contributed by atoms with E-state index >= 15 is 0 Å². The van der Waals surface area contributed by atoms with Crippen LogP contribution in [0.4, 0.5) is 5.88 Å². The van der Waals surface area contributed by atoms with E-state index in [1.807, 2.05) is 10.8 Å². The number of nitro groups is 1. The van der Waals surface area contributed by atoms with Gasteiger partial charge in [0.15, 0.2) is 4.80 Å². The summed E-state index contributed by atoms with van der Waals surface area (Å²) < 4.78 is 12.6. The summed E-state index contributed by atoms with van der Waals surface area (Å²) in [5.41, 5.74) is 1.24. The van der Waals surface area contributed by atoms with Crippen LogP contribution in [0.3, 0.4) is 0 Å². The van der Waals surface area contributed by atoms with E-state index in [0.29, 0.717) is 16.9 Å². The summed E-state index contributed by atoms with van der Waals surface area (Å²) in [6.45, 7) is 2.61. The SMILES string of the molecule is CCOC(=O)c1ccc2c(c1)sc(=NC(=O)c1ccc([N+](=O)[O-])o1)n2CCSC. The minimum atomic E-state index is -0.716. The number of aryl methyl sites for hydroxylation is 1. The van der Waals surface area contributed by atoms with Gasteiger partial charge in [0.2, 0.25) is 5.76 Å². The average Bonchev–Trinajstić information content (AvgIpc) is 3.31. The van der Waals surface area contributed by atoms with Gasteiger partial charge in [-0.3, -0.25) is 14.9 Å². The summed E-state index contributed by atoms with van der Waals surface area (Å²) in [6.07, 6.45) is 1.97. The number of aromatic nitrogens is 1. The summed E-state index contributed by atoms with van der Waals surface area (Å²) in [6, 6.07) is 7.50. The van der Waals surface area contributed by atoms with Crippen LogP contribution in [0.25, 0.3) is 10.2 Å². The number of fused-ring (bicyclic) bond motifs is 1. The predicted octanol–water partition coefficient (Wildman–Crippen LogP) is 3.48. The highest BCUT2D eigenvalue weighted by molar-refractivity contribution is 7.98. The average molecular weight is 435 g/mol. The van der Waals surface area contributed by atoms with Crippen molar-refractivity contribution in [2.24, 2.45) is 4.99 Å². The van der Waals surface area contributed by atoms with Crippen molar-refractivity contribution in [2.45, 2.75) is 13.5 Å². The molecule has 0 fully saturated rings. The highest BCUT2D eigenvalue weighted by atomic mass is 32.2. The number of amides is 1. The van der Waals surface area contributed by atoms with Crippen molar-refractivity contribution in [3.63, 3.8) is 0 Å². The van der Waals surface area contributed by atoms with Crippen molar-refractivity contribution in [3.8, 4) is 0 Å². The molecule has 0 aliphatic rings. The van der Waals surface area contributed by atoms with E-state index in [0.717, 1.165) is 22.0 Å². The van der Waals surface area contributed by atoms with Crippen LogP contribution in [0.2, 0.25) is 0 Å². The first-order chi connectivity index (χ1) is 13.9. The number of benzene rings is 1. The monoisotopic (exact) mass is 435 g/mol. The van der Waals surface area contributed by atoms with Gasteiger partial charge in [0.1, 0.15) is 4.92 Å². The molecule has 0 saturated heterocycles. The number of carbonyl (C=O) groups excluding carboxylic acids is 2. The molecule has 3 aromatic rings. The molecule has 152 valence electrons. The second-order valence-corrected chi connectivity index (χ2v) is 7.74. The van der Waals surface area contributed by atoms with Gasteiger partial charge in [-0.05, 0) is 37.4 Å². The molecule has 1 amide bonds. The molecule has 0 atom stereocenters. The quantitative estimate of drug-likeness (QED) is 0.317. The number of nitrogens with zero attached hydrogens (tertiary/aromatic N) is 3. The maximum atomic E-state index is 12.4. The highest BCUT2D eigenvalue weighted by Gasteiger charge is 2.18. The Hall–Kier alpha value is -2.92. The van der Waals surface area contributed by atoms with Crippen molar-refractivity contribution in [1.29, 1.82) is 0 Å². The lowest BCUT2D eigenvalue weighted by molar-refractivity contribution is -0.402. The molecule has 29 heavy (non-hydrogen) atoms. The third-order valence-corrected chi connectivity index (χ3v) is 5.52. The maximum absolute atomic E-state index is 12.4. The molecule has 0 unspecified atom stereocenters. The van der Waals surface area contributed by atoms with Gasteiger partial charge in [0, 0.05) is 12.3 Å². The summed E-state index contributed by atoms with van der Waals surface area (Å²) in [5, 5.41) is 10.7. The molecule has 0 aliphatic carbocycles. The van der Waals surface area contributed by atoms with Crippen molar-refractivity contribution in [2.75, 3.05) is 18.6 Å². The topological polar surface area (TPSA) is 117 Å². The van der Waals surface area contributed by atoms with E-state index in [1.54, 1.807) is 36.9 Å². The van der Waals surface area contributed by atoms with Gasteiger partial charge in [-0.1, -0.05) is 11.3 Å². The Morgan fingerprint density at radius 2 is 2.14 bits per heavy atom. The lowest BCUT2D eigenvalue weighted by atomic mass is 10.2. The fourth-order valence-electron chi connectivity index (χ4n) is 2.58. The number of thiazole rings is 1. The number of rotatable bonds is 7. The smallest absolute Gasteiger partial charge is 0.433 e. The van der Waals surface area contributed by atoms with Gasteiger partial charge in [0.25, 0.3) is 0 Å². The number of hydrogen-bond acceptors (Lipinski definition) is 8. The first kappa shape index (κ1) is 20.8. The van der Waals surface area contributed by atoms with Crippen LogP contribution in [0, 0.1) is 10.1 Å². The molecule has 9 nitrogen and oxygen atoms in total. The van der Waals surface area contributed by atoms with Crippen LogP contribution in [0.15, 0.2) is 39.7 Å². The zero-order valence-electron chi connectivity index (χ0n) is 15.6. The molecule has 0 spiro atoms. The van der Waals surface area contributed by atoms with Gasteiger partial charge in [-0.15, -0.1) is 0 Å². The van der Waals surface area contributed by atoms with E-state index in [2.05, 4.69) is 4.99 Å². The zero-order chi connectivity index (χ0) is 21.0. The Labute approximate surface area is 173 Å². The number of ether oxygens (including phenoxy) is 1. The van der Waals surface area contributed by atoms with Crippen LogP contribution in [-0.4, -0.2) is 40.0 Å². The molecule has 1 aromatic carbocycles. The molecule has 2 aromatic heterocycles. The maximum Gasteiger partial charge on any atom is 0.433 e. The first-order valence-electron chi connectivity index (χ1n) is 8.57. The molecule has 0 N–H and O–H groups in total. The molecule has 3 rings (SSSR count). The predicted molar refractivity (Wildman–Crippen MR) is 109 cm³/mol. The van der Waals surface area contributed by atoms with Crippen LogP contribution in [0.1, 0.15) is 27.8 Å². The van der Waals surface area contributed by atoms with Gasteiger partial charge in [-0.2, -0.15) is 16.8 Å². The zero-order valence-corrected chi connectivity index (χ0v) is 17.2. The van der Waals surface area contributed by atoms with Crippen LogP contribution in [-0.2, 0) is 11.3 Å². The molecule has 0 bridgehead atoms. The summed E-state index contributed by atoms with van der Waals surface area (Å²) in [7, 11) is 0. The molecule has 0 saturated carbocycles. The van der Waals surface area contributed by atoms with Crippen LogP contribution < -0.4 is 4.80 Å². The normalized spacial score (nSPS) is 11.7. The molecular formula is C18H17N3O6S2. The lowest BCUT2D eigenvalue weighted by Gasteiger charge is -2.05. The molecule has 2 heterocycles. The number of hydrogen-bond donors (Lipinski definition) is 0. The third-order valence-electron chi connectivity index (χ3n) is 3.89. The molecule has 11 heteroatoms. The highest BCUT2D eigenvalue weighted by Crippen LogP contribution is 2.21. The second kappa shape index (κ2) is 9.05. The van der Waals surface area contributed by atoms with Crippen molar-refractivity contribution < 1.29 is 23.7 Å². The molecule has 0 radical (unpaired) electrons. The first-order valence-corrected chi connectivity index (χ1v) is 10.8. The number of esters is 1. The van der Waals surface area contributed by atoms with Gasteiger partial charge < -0.3 is 13.7 Å². The van der Waals surface area contributed by atoms with E-state index in [9.17, 15) is 19.7 Å². The van der Waals surface area contributed by atoms with E-state index < -0.39 is 22.7 Å². The Morgan fingerprint density at radius 3 is 2.79 bits per heavy atom. The summed E-state index contributed by atoms with van der Waals surface area (Å²) >= 11 is 2.89. The minimum absolute atomic E-state index is 0.210. The van der Waals surface area contributed by atoms with Crippen LogP contribution in [0.5, 0.6) is 0 Å². The minimum Gasteiger partial charge on any atom is -0.462 e. The lowest BCUT2D eigenvalue weighted by Crippen LogP contribution is -2.18. The summed E-state index contributed by atoms with van der Waals surface area (Å²) in [4.78, 5) is 39.0. The molecule has 0 aliphatic heterocycles.